The maximum atomic E-state index is 12.4. The van der Waals surface area contributed by atoms with Gasteiger partial charge in [0.25, 0.3) is 5.91 Å². The summed E-state index contributed by atoms with van der Waals surface area (Å²) >= 11 is 0. The zero-order valence-corrected chi connectivity index (χ0v) is 23.4. The summed E-state index contributed by atoms with van der Waals surface area (Å²) in [6, 6.07) is 0. The van der Waals surface area contributed by atoms with Gasteiger partial charge < -0.3 is 25.5 Å². The molecular formula is C29H44N2O7. The molecule has 1 amide bonds. The molecule has 212 valence electrons. The maximum absolute atomic E-state index is 12.4. The molecule has 3 fully saturated rings. The van der Waals surface area contributed by atoms with E-state index in [2.05, 4.69) is 30.4 Å². The van der Waals surface area contributed by atoms with Crippen LogP contribution in [0.5, 0.6) is 0 Å². The van der Waals surface area contributed by atoms with E-state index in [0.29, 0.717) is 24.2 Å². The van der Waals surface area contributed by atoms with Gasteiger partial charge >= 0.3 is 5.97 Å². The first-order chi connectivity index (χ1) is 17.7. The molecule has 0 aromatic rings. The standard InChI is InChI=1S/C29H44N2O7/c1-17(32)29(37)13-10-22-20-7-6-18-14-19(8-11-27(18,4)21(20)9-12-28(22,29)5)31-38-15-23(33)30-16-26(2,3)24(34)25(35)36/h14,20-22,24,34,37H,6-13,15-16H2,1-5H3,(H,30,33)(H,35,36). The summed E-state index contributed by atoms with van der Waals surface area (Å²) in [5.41, 5.74) is -0.295. The second-order valence-corrected chi connectivity index (χ2v) is 13.3. The molecule has 4 aliphatic rings. The van der Waals surface area contributed by atoms with E-state index in [1.807, 2.05) is 0 Å². The largest absolute Gasteiger partial charge is 0.479 e. The molecule has 0 radical (unpaired) electrons. The van der Waals surface area contributed by atoms with Gasteiger partial charge in [0.05, 0.1) is 5.71 Å². The lowest BCUT2D eigenvalue weighted by molar-refractivity contribution is -0.159. The Bertz CT molecular complexity index is 1050. The van der Waals surface area contributed by atoms with Crippen LogP contribution in [-0.2, 0) is 19.2 Å². The number of aliphatic hydroxyl groups excluding tert-OH is 1. The Morgan fingerprint density at radius 1 is 1.13 bits per heavy atom. The van der Waals surface area contributed by atoms with Crippen molar-refractivity contribution in [3.63, 3.8) is 0 Å². The summed E-state index contributed by atoms with van der Waals surface area (Å²) in [6.07, 6.45) is 7.64. The number of fused-ring (bicyclic) bond motifs is 5. The average molecular weight is 533 g/mol. The van der Waals surface area contributed by atoms with Crippen molar-refractivity contribution >= 4 is 23.4 Å². The van der Waals surface area contributed by atoms with E-state index in [-0.39, 0.29) is 29.8 Å². The number of amides is 1. The molecule has 9 heteroatoms. The number of rotatable bonds is 8. The number of hydrogen-bond acceptors (Lipinski definition) is 7. The summed E-state index contributed by atoms with van der Waals surface area (Å²) in [4.78, 5) is 41.0. The molecule has 7 atom stereocenters. The van der Waals surface area contributed by atoms with Crippen LogP contribution in [0.3, 0.4) is 0 Å². The topological polar surface area (TPSA) is 146 Å². The van der Waals surface area contributed by atoms with Gasteiger partial charge in [0.1, 0.15) is 5.60 Å². The van der Waals surface area contributed by atoms with E-state index in [1.54, 1.807) is 20.8 Å². The number of ketones is 1. The number of aliphatic hydroxyl groups is 2. The van der Waals surface area contributed by atoms with Gasteiger partial charge in [-0.25, -0.2) is 4.79 Å². The SMILES string of the molecule is CC(=O)C1(O)CCC2C3CCC4=CC(=NOCC(=O)NCC(C)(C)C(O)C(=O)O)CCC4(C)C3CCC21C. The number of hydrogen-bond donors (Lipinski definition) is 4. The van der Waals surface area contributed by atoms with E-state index >= 15 is 0 Å². The fourth-order valence-corrected chi connectivity index (χ4v) is 8.22. The first-order valence-electron chi connectivity index (χ1n) is 14.0. The van der Waals surface area contributed by atoms with Crippen molar-refractivity contribution < 1.29 is 34.5 Å². The van der Waals surface area contributed by atoms with Crippen LogP contribution in [0.4, 0.5) is 0 Å². The molecule has 0 aliphatic heterocycles. The smallest absolute Gasteiger partial charge is 0.333 e. The van der Waals surface area contributed by atoms with E-state index in [1.165, 1.54) is 5.57 Å². The van der Waals surface area contributed by atoms with Gasteiger partial charge in [-0.1, -0.05) is 38.4 Å². The Balaban J connectivity index is 1.37. The van der Waals surface area contributed by atoms with Crippen LogP contribution in [0, 0.1) is 34.0 Å². The number of aliphatic carboxylic acids is 1. The lowest BCUT2D eigenvalue weighted by atomic mass is 9.46. The highest BCUT2D eigenvalue weighted by molar-refractivity contribution is 5.96. The van der Waals surface area contributed by atoms with Crippen molar-refractivity contribution in [2.24, 2.45) is 39.2 Å². The molecular weight excluding hydrogens is 488 g/mol. The summed E-state index contributed by atoms with van der Waals surface area (Å²) in [5.74, 6) is -0.453. The van der Waals surface area contributed by atoms with E-state index in [9.17, 15) is 24.6 Å². The number of allylic oxidation sites excluding steroid dienone is 2. The van der Waals surface area contributed by atoms with Gasteiger partial charge in [-0.2, -0.15) is 0 Å². The number of carboxylic acids is 1. The molecule has 4 N–H and O–H groups in total. The number of Topliss-reactive ketones (excluding diaryl/α,β-unsaturated/α-hetero) is 1. The first kappa shape index (κ1) is 28.7. The van der Waals surface area contributed by atoms with Crippen LogP contribution in [0.25, 0.3) is 0 Å². The van der Waals surface area contributed by atoms with Gasteiger partial charge in [-0.05, 0) is 87.5 Å². The highest BCUT2D eigenvalue weighted by atomic mass is 16.6. The van der Waals surface area contributed by atoms with Crippen molar-refractivity contribution in [3.05, 3.63) is 11.6 Å². The second kappa shape index (κ2) is 10.0. The highest BCUT2D eigenvalue weighted by Gasteiger charge is 2.65. The zero-order chi connectivity index (χ0) is 28.1. The van der Waals surface area contributed by atoms with Crippen molar-refractivity contribution in [2.45, 2.75) is 97.7 Å². The fourth-order valence-electron chi connectivity index (χ4n) is 8.22. The zero-order valence-electron chi connectivity index (χ0n) is 23.4. The Morgan fingerprint density at radius 3 is 2.47 bits per heavy atom. The normalized spacial score (nSPS) is 38.3. The molecule has 0 spiro atoms. The molecule has 0 aromatic carbocycles. The van der Waals surface area contributed by atoms with Gasteiger partial charge in [0, 0.05) is 17.4 Å². The third-order valence-electron chi connectivity index (χ3n) is 10.8. The molecule has 4 rings (SSSR count). The minimum atomic E-state index is -1.59. The summed E-state index contributed by atoms with van der Waals surface area (Å²) in [6.45, 7) is 8.89. The second-order valence-electron chi connectivity index (χ2n) is 13.3. The highest BCUT2D eigenvalue weighted by Crippen LogP contribution is 2.67. The minimum Gasteiger partial charge on any atom is -0.479 e. The van der Waals surface area contributed by atoms with Gasteiger partial charge in [0.2, 0.25) is 0 Å². The Hall–Kier alpha value is -2.26. The molecule has 0 heterocycles. The predicted molar refractivity (Wildman–Crippen MR) is 141 cm³/mol. The van der Waals surface area contributed by atoms with Crippen LogP contribution in [0.15, 0.2) is 16.8 Å². The minimum absolute atomic E-state index is 0.00590. The van der Waals surface area contributed by atoms with Crippen LogP contribution in [0.1, 0.15) is 86.0 Å². The molecule has 0 saturated heterocycles. The summed E-state index contributed by atoms with van der Waals surface area (Å²) in [7, 11) is 0. The Labute approximate surface area is 225 Å². The van der Waals surface area contributed by atoms with Crippen LogP contribution in [-0.4, -0.2) is 63.5 Å². The number of nitrogens with zero attached hydrogens (tertiary/aromatic N) is 1. The lowest BCUT2D eigenvalue weighted by Gasteiger charge is -2.59. The number of carbonyl (C=O) groups is 3. The molecule has 38 heavy (non-hydrogen) atoms. The Kier molecular flexibility index (Phi) is 7.60. The third-order valence-corrected chi connectivity index (χ3v) is 10.8. The molecule has 0 aromatic heterocycles. The van der Waals surface area contributed by atoms with Crippen molar-refractivity contribution in [3.8, 4) is 0 Å². The maximum Gasteiger partial charge on any atom is 0.333 e. The first-order valence-corrected chi connectivity index (χ1v) is 14.0. The molecule has 4 aliphatic carbocycles. The van der Waals surface area contributed by atoms with Crippen LogP contribution < -0.4 is 5.32 Å². The van der Waals surface area contributed by atoms with E-state index < -0.39 is 29.0 Å². The number of carbonyl (C=O) groups excluding carboxylic acids is 2. The van der Waals surface area contributed by atoms with Gasteiger partial charge in [-0.3, -0.25) is 9.59 Å². The number of carboxylic acid groups (broad SMARTS) is 1. The van der Waals surface area contributed by atoms with Crippen molar-refractivity contribution in [2.75, 3.05) is 13.2 Å². The summed E-state index contributed by atoms with van der Waals surface area (Å²) < 4.78 is 0. The van der Waals surface area contributed by atoms with Crippen LogP contribution >= 0.6 is 0 Å². The van der Waals surface area contributed by atoms with E-state index in [4.69, 9.17) is 9.94 Å². The Morgan fingerprint density at radius 2 is 1.82 bits per heavy atom. The summed E-state index contributed by atoms with van der Waals surface area (Å²) in [5, 5.41) is 36.9. The molecule has 9 nitrogen and oxygen atoms in total. The fraction of sp³-hybridized carbons (Fsp3) is 0.793. The van der Waals surface area contributed by atoms with E-state index in [0.717, 1.165) is 50.7 Å². The molecule has 7 unspecified atom stereocenters. The number of nitrogens with one attached hydrogen (secondary N) is 1. The average Bonchev–Trinajstić information content (AvgIpc) is 3.14. The number of oxime groups is 1. The molecule has 3 saturated carbocycles. The van der Waals surface area contributed by atoms with Gasteiger partial charge in [0.15, 0.2) is 18.5 Å². The quantitative estimate of drug-likeness (QED) is 0.351. The van der Waals surface area contributed by atoms with Crippen LogP contribution in [0.2, 0.25) is 0 Å². The monoisotopic (exact) mass is 532 g/mol. The van der Waals surface area contributed by atoms with Gasteiger partial charge in [-0.15, -0.1) is 0 Å². The molecule has 0 bridgehead atoms. The van der Waals surface area contributed by atoms with Crippen molar-refractivity contribution in [1.29, 1.82) is 0 Å². The lowest BCUT2D eigenvalue weighted by Crippen LogP contribution is -2.57. The third kappa shape index (κ3) is 4.70. The predicted octanol–water partition coefficient (Wildman–Crippen LogP) is 3.23. The van der Waals surface area contributed by atoms with Crippen molar-refractivity contribution in [1.82, 2.24) is 5.32 Å².